The summed E-state index contributed by atoms with van der Waals surface area (Å²) < 4.78 is 2.21. The van der Waals surface area contributed by atoms with Crippen molar-refractivity contribution in [2.75, 3.05) is 12.3 Å². The highest BCUT2D eigenvalue weighted by Crippen LogP contribution is 2.59. The minimum Gasteiger partial charge on any atom is -0.355 e. The van der Waals surface area contributed by atoms with Crippen molar-refractivity contribution in [1.82, 2.24) is 20.1 Å². The molecule has 1 N–H and O–H groups in total. The zero-order chi connectivity index (χ0) is 17.0. The number of hydrogen-bond donors (Lipinski definition) is 1. The Morgan fingerprint density at radius 2 is 1.80 bits per heavy atom. The minimum absolute atomic E-state index is 0.156. The molecule has 0 spiro atoms. The smallest absolute Gasteiger partial charge is 0.230 e. The summed E-state index contributed by atoms with van der Waals surface area (Å²) in [4.78, 5) is 12.4. The number of nitrogens with one attached hydrogen (secondary N) is 1. The van der Waals surface area contributed by atoms with Gasteiger partial charge in [-0.1, -0.05) is 11.8 Å². The zero-order valence-electron chi connectivity index (χ0n) is 15.0. The second-order valence-electron chi connectivity index (χ2n) is 9.11. The molecular weight excluding hydrogens is 332 g/mol. The minimum atomic E-state index is 0.156. The summed E-state index contributed by atoms with van der Waals surface area (Å²) in [7, 11) is 0. The summed E-state index contributed by atoms with van der Waals surface area (Å²) in [5.74, 6) is 4.41. The van der Waals surface area contributed by atoms with Crippen molar-refractivity contribution in [1.29, 1.82) is 0 Å². The van der Waals surface area contributed by atoms with Crippen LogP contribution >= 0.6 is 11.8 Å². The molecule has 6 rings (SSSR count). The lowest BCUT2D eigenvalue weighted by Crippen LogP contribution is -2.51. The molecule has 5 aliphatic rings. The number of amides is 1. The Hall–Kier alpha value is -1.04. The lowest BCUT2D eigenvalue weighted by molar-refractivity contribution is -0.120. The maximum atomic E-state index is 12.4. The van der Waals surface area contributed by atoms with Crippen molar-refractivity contribution >= 4 is 17.7 Å². The Morgan fingerprint density at radius 1 is 1.16 bits per heavy atom. The fourth-order valence-electron chi connectivity index (χ4n) is 6.18. The highest BCUT2D eigenvalue weighted by molar-refractivity contribution is 7.99. The van der Waals surface area contributed by atoms with Gasteiger partial charge in [-0.3, -0.25) is 4.79 Å². The first kappa shape index (κ1) is 16.2. The average molecular weight is 361 g/mol. The van der Waals surface area contributed by atoms with Crippen LogP contribution in [-0.4, -0.2) is 33.0 Å². The van der Waals surface area contributed by atoms with Crippen molar-refractivity contribution in [2.24, 2.45) is 23.2 Å². The fourth-order valence-corrected chi connectivity index (χ4v) is 7.06. The Morgan fingerprint density at radius 3 is 2.40 bits per heavy atom. The van der Waals surface area contributed by atoms with Crippen LogP contribution in [0.5, 0.6) is 0 Å². The Balaban J connectivity index is 1.15. The van der Waals surface area contributed by atoms with E-state index in [1.807, 2.05) is 6.92 Å². The molecule has 1 heterocycles. The average Bonchev–Trinajstić information content (AvgIpc) is 3.33. The summed E-state index contributed by atoms with van der Waals surface area (Å²) in [6, 6.07) is 0.563. The van der Waals surface area contributed by atoms with Crippen LogP contribution in [0.25, 0.3) is 0 Å². The SMILES string of the molecule is Cc1nnc(SCC(=O)NCC23CC4CC(CC(C4)C2)C3)n1C1CC1. The van der Waals surface area contributed by atoms with E-state index in [0.29, 0.717) is 17.2 Å². The predicted octanol–water partition coefficient (Wildman–Crippen LogP) is 3.35. The normalized spacial score (nSPS) is 36.0. The number of nitrogens with zero attached hydrogens (tertiary/aromatic N) is 3. The molecule has 1 aromatic rings. The topological polar surface area (TPSA) is 59.8 Å². The molecule has 0 aromatic carbocycles. The molecule has 5 saturated carbocycles. The molecular formula is C19H28N4OS. The number of hydrogen-bond acceptors (Lipinski definition) is 4. The van der Waals surface area contributed by atoms with Crippen molar-refractivity contribution in [2.45, 2.75) is 69.5 Å². The van der Waals surface area contributed by atoms with Gasteiger partial charge in [0.2, 0.25) is 5.91 Å². The van der Waals surface area contributed by atoms with Crippen LogP contribution in [0.1, 0.15) is 63.2 Å². The van der Waals surface area contributed by atoms with Crippen molar-refractivity contribution < 1.29 is 4.79 Å². The van der Waals surface area contributed by atoms with Gasteiger partial charge in [-0.2, -0.15) is 0 Å². The monoisotopic (exact) mass is 360 g/mol. The second kappa shape index (κ2) is 6.00. The summed E-state index contributed by atoms with van der Waals surface area (Å²) in [5, 5.41) is 12.6. The molecule has 0 aliphatic heterocycles. The molecule has 5 fully saturated rings. The molecule has 0 saturated heterocycles. The third-order valence-corrected chi connectivity index (χ3v) is 7.85. The van der Waals surface area contributed by atoms with Gasteiger partial charge in [0, 0.05) is 12.6 Å². The van der Waals surface area contributed by atoms with E-state index in [1.165, 1.54) is 63.1 Å². The molecule has 0 atom stereocenters. The molecule has 25 heavy (non-hydrogen) atoms. The van der Waals surface area contributed by atoms with Crippen molar-refractivity contribution in [3.05, 3.63) is 5.82 Å². The first-order valence-corrected chi connectivity index (χ1v) is 10.9. The number of aromatic nitrogens is 3. The quantitative estimate of drug-likeness (QED) is 0.791. The largest absolute Gasteiger partial charge is 0.355 e. The first-order valence-electron chi connectivity index (χ1n) is 9.91. The number of rotatable bonds is 6. The fraction of sp³-hybridized carbons (Fsp3) is 0.842. The standard InChI is InChI=1S/C19H28N4OS/c1-12-21-22-18(23(12)16-2-3-16)25-10-17(24)20-11-19-7-13-4-14(8-19)6-15(5-13)9-19/h13-16H,2-11H2,1H3,(H,20,24). The lowest BCUT2D eigenvalue weighted by atomic mass is 9.49. The molecule has 0 unspecified atom stereocenters. The second-order valence-corrected chi connectivity index (χ2v) is 10.1. The zero-order valence-corrected chi connectivity index (χ0v) is 15.9. The van der Waals surface area contributed by atoms with Crippen LogP contribution in [0.15, 0.2) is 5.16 Å². The third-order valence-electron chi connectivity index (χ3n) is 6.90. The van der Waals surface area contributed by atoms with Crippen LogP contribution < -0.4 is 5.32 Å². The van der Waals surface area contributed by atoms with Crippen LogP contribution in [0.4, 0.5) is 0 Å². The Kier molecular flexibility index (Phi) is 3.88. The van der Waals surface area contributed by atoms with Crippen LogP contribution in [-0.2, 0) is 4.79 Å². The van der Waals surface area contributed by atoms with Crippen LogP contribution in [0, 0.1) is 30.1 Å². The summed E-state index contributed by atoms with van der Waals surface area (Å²) >= 11 is 1.54. The van der Waals surface area contributed by atoms with E-state index >= 15 is 0 Å². The summed E-state index contributed by atoms with van der Waals surface area (Å²) in [6.45, 7) is 2.90. The summed E-state index contributed by atoms with van der Waals surface area (Å²) in [5.41, 5.74) is 0.416. The number of aryl methyl sites for hydroxylation is 1. The first-order chi connectivity index (χ1) is 12.1. The van der Waals surface area contributed by atoms with Gasteiger partial charge in [-0.05, 0) is 81.5 Å². The van der Waals surface area contributed by atoms with E-state index in [0.717, 1.165) is 35.3 Å². The van der Waals surface area contributed by atoms with Gasteiger partial charge < -0.3 is 9.88 Å². The van der Waals surface area contributed by atoms with Gasteiger partial charge in [0.05, 0.1) is 5.75 Å². The molecule has 136 valence electrons. The number of thioether (sulfide) groups is 1. The van der Waals surface area contributed by atoms with E-state index < -0.39 is 0 Å². The molecule has 5 nitrogen and oxygen atoms in total. The van der Waals surface area contributed by atoms with Gasteiger partial charge in [-0.25, -0.2) is 0 Å². The van der Waals surface area contributed by atoms with E-state index in [-0.39, 0.29) is 5.91 Å². The molecule has 1 amide bonds. The Bertz CT molecular complexity index is 646. The number of carbonyl (C=O) groups is 1. The molecule has 0 radical (unpaired) electrons. The molecule has 6 heteroatoms. The lowest BCUT2D eigenvalue weighted by Gasteiger charge is -2.56. The van der Waals surface area contributed by atoms with E-state index in [4.69, 9.17) is 0 Å². The van der Waals surface area contributed by atoms with Gasteiger partial charge >= 0.3 is 0 Å². The van der Waals surface area contributed by atoms with E-state index in [9.17, 15) is 4.79 Å². The molecule has 4 bridgehead atoms. The molecule has 5 aliphatic carbocycles. The highest BCUT2D eigenvalue weighted by atomic mass is 32.2. The van der Waals surface area contributed by atoms with Crippen LogP contribution in [0.3, 0.4) is 0 Å². The van der Waals surface area contributed by atoms with E-state index in [1.54, 1.807) is 0 Å². The van der Waals surface area contributed by atoms with Gasteiger partial charge in [0.15, 0.2) is 5.16 Å². The van der Waals surface area contributed by atoms with Gasteiger partial charge in [0.1, 0.15) is 5.82 Å². The molecule has 1 aromatic heterocycles. The van der Waals surface area contributed by atoms with Crippen molar-refractivity contribution in [3.8, 4) is 0 Å². The Labute approximate surface area is 153 Å². The van der Waals surface area contributed by atoms with Gasteiger partial charge in [-0.15, -0.1) is 10.2 Å². The van der Waals surface area contributed by atoms with Crippen LogP contribution in [0.2, 0.25) is 0 Å². The predicted molar refractivity (Wildman–Crippen MR) is 97.4 cm³/mol. The maximum Gasteiger partial charge on any atom is 0.230 e. The van der Waals surface area contributed by atoms with Crippen molar-refractivity contribution in [3.63, 3.8) is 0 Å². The maximum absolute atomic E-state index is 12.4. The van der Waals surface area contributed by atoms with Gasteiger partial charge in [0.25, 0.3) is 0 Å². The third kappa shape index (κ3) is 3.11. The van der Waals surface area contributed by atoms with E-state index in [2.05, 4.69) is 20.1 Å². The summed E-state index contributed by atoms with van der Waals surface area (Å²) in [6.07, 6.45) is 10.8. The number of carbonyl (C=O) groups excluding carboxylic acids is 1. The highest BCUT2D eigenvalue weighted by Gasteiger charge is 2.50.